The largest absolute Gasteiger partial charge is 0.392 e. The molecule has 0 spiro atoms. The van der Waals surface area contributed by atoms with Gasteiger partial charge in [-0.05, 0) is 36.3 Å². The van der Waals surface area contributed by atoms with Gasteiger partial charge in [0.25, 0.3) is 0 Å². The number of aliphatic hydroxyl groups is 1. The Kier molecular flexibility index (Phi) is 7.41. The van der Waals surface area contributed by atoms with Crippen molar-refractivity contribution in [3.63, 3.8) is 0 Å². The standard InChI is InChI=1S/C27H36N2O2/c1-28(25(21-11-5-2-6-12-21)20-29-18-17-24(30)19-29)27(31)26(22-13-7-3-8-14-22)23-15-9-4-10-16-23/h2-3,5-8,11-14,23-26,30H,4,9-10,15-20H2,1H3/t24-,25+,26?/m0/s1. The molecule has 31 heavy (non-hydrogen) atoms. The molecule has 0 radical (unpaired) electrons. The third kappa shape index (κ3) is 5.36. The van der Waals surface area contributed by atoms with E-state index >= 15 is 0 Å². The lowest BCUT2D eigenvalue weighted by atomic mass is 9.76. The molecule has 4 rings (SSSR count). The highest BCUT2D eigenvalue weighted by molar-refractivity contribution is 5.84. The van der Waals surface area contributed by atoms with Gasteiger partial charge in [-0.15, -0.1) is 0 Å². The van der Waals surface area contributed by atoms with Crippen LogP contribution in [0.1, 0.15) is 61.6 Å². The van der Waals surface area contributed by atoms with E-state index in [0.29, 0.717) is 12.5 Å². The van der Waals surface area contributed by atoms with Gasteiger partial charge in [0.1, 0.15) is 0 Å². The predicted octanol–water partition coefficient (Wildman–Crippen LogP) is 4.62. The Balaban J connectivity index is 1.61. The van der Waals surface area contributed by atoms with Gasteiger partial charge in [0, 0.05) is 26.7 Å². The molecule has 1 saturated heterocycles. The average Bonchev–Trinajstić information content (AvgIpc) is 3.24. The van der Waals surface area contributed by atoms with Crippen molar-refractivity contribution in [1.82, 2.24) is 9.80 Å². The van der Waals surface area contributed by atoms with Crippen molar-refractivity contribution in [3.8, 4) is 0 Å². The van der Waals surface area contributed by atoms with E-state index in [1.165, 1.54) is 19.3 Å². The summed E-state index contributed by atoms with van der Waals surface area (Å²) in [6, 6.07) is 20.7. The second kappa shape index (κ2) is 10.4. The zero-order valence-corrected chi connectivity index (χ0v) is 18.7. The molecule has 1 N–H and O–H groups in total. The number of nitrogens with zero attached hydrogens (tertiary/aromatic N) is 2. The molecule has 2 aromatic carbocycles. The van der Waals surface area contributed by atoms with Crippen LogP contribution in [0.15, 0.2) is 60.7 Å². The van der Waals surface area contributed by atoms with Crippen molar-refractivity contribution in [3.05, 3.63) is 71.8 Å². The minimum absolute atomic E-state index is 0.0196. The SMILES string of the molecule is CN(C(=O)C(c1ccccc1)C1CCCCC1)[C@H](CN1CC[C@H](O)C1)c1ccccc1. The summed E-state index contributed by atoms with van der Waals surface area (Å²) in [6.07, 6.45) is 6.55. The first-order valence-corrected chi connectivity index (χ1v) is 11.9. The lowest BCUT2D eigenvalue weighted by Crippen LogP contribution is -2.42. The fourth-order valence-corrected chi connectivity index (χ4v) is 5.47. The maximum Gasteiger partial charge on any atom is 0.230 e. The van der Waals surface area contributed by atoms with E-state index in [1.54, 1.807) is 0 Å². The molecule has 0 bridgehead atoms. The molecule has 1 amide bonds. The molecule has 1 saturated carbocycles. The van der Waals surface area contributed by atoms with Crippen molar-refractivity contribution in [2.24, 2.45) is 5.92 Å². The second-order valence-corrected chi connectivity index (χ2v) is 9.36. The number of aliphatic hydroxyl groups excluding tert-OH is 1. The van der Waals surface area contributed by atoms with Crippen LogP contribution in [0.3, 0.4) is 0 Å². The maximum absolute atomic E-state index is 14.1. The Morgan fingerprint density at radius 3 is 2.16 bits per heavy atom. The summed E-state index contributed by atoms with van der Waals surface area (Å²) >= 11 is 0. The number of likely N-dealkylation sites (N-methyl/N-ethyl adjacent to an activating group) is 1. The van der Waals surface area contributed by atoms with Gasteiger partial charge >= 0.3 is 0 Å². The Hall–Kier alpha value is -2.17. The molecule has 2 aromatic rings. The fourth-order valence-electron chi connectivity index (χ4n) is 5.47. The van der Waals surface area contributed by atoms with Crippen molar-refractivity contribution < 1.29 is 9.90 Å². The number of carbonyl (C=O) groups excluding carboxylic acids is 1. The van der Waals surface area contributed by atoms with Gasteiger partial charge in [0.05, 0.1) is 18.1 Å². The third-order valence-electron chi connectivity index (χ3n) is 7.22. The van der Waals surface area contributed by atoms with Crippen LogP contribution in [0.2, 0.25) is 0 Å². The molecule has 1 unspecified atom stereocenters. The Morgan fingerprint density at radius 2 is 1.58 bits per heavy atom. The Morgan fingerprint density at radius 1 is 0.968 bits per heavy atom. The van der Waals surface area contributed by atoms with Gasteiger partial charge in [-0.25, -0.2) is 0 Å². The number of β-amino-alcohol motifs (C(OH)–C–C–N with tert-alkyl or cyclic N) is 1. The molecule has 166 valence electrons. The topological polar surface area (TPSA) is 43.8 Å². The number of amides is 1. The number of hydrogen-bond donors (Lipinski definition) is 1. The number of carbonyl (C=O) groups is 1. The van der Waals surface area contributed by atoms with E-state index in [-0.39, 0.29) is 24.0 Å². The summed E-state index contributed by atoms with van der Waals surface area (Å²) in [6.45, 7) is 2.34. The Bertz CT molecular complexity index is 820. The molecule has 1 heterocycles. The fraction of sp³-hybridized carbons (Fsp3) is 0.519. The van der Waals surface area contributed by atoms with Gasteiger partial charge < -0.3 is 10.0 Å². The summed E-state index contributed by atoms with van der Waals surface area (Å²) in [5.41, 5.74) is 2.31. The average molecular weight is 421 g/mol. The van der Waals surface area contributed by atoms with E-state index in [0.717, 1.165) is 43.5 Å². The molecular formula is C27H36N2O2. The highest BCUT2D eigenvalue weighted by Crippen LogP contribution is 2.38. The lowest BCUT2D eigenvalue weighted by molar-refractivity contribution is -0.135. The quantitative estimate of drug-likeness (QED) is 0.711. The minimum atomic E-state index is -0.253. The van der Waals surface area contributed by atoms with Gasteiger partial charge in [-0.1, -0.05) is 79.9 Å². The van der Waals surface area contributed by atoms with Crippen LogP contribution in [0.25, 0.3) is 0 Å². The van der Waals surface area contributed by atoms with E-state index < -0.39 is 0 Å². The third-order valence-corrected chi connectivity index (χ3v) is 7.22. The highest BCUT2D eigenvalue weighted by atomic mass is 16.3. The van der Waals surface area contributed by atoms with Crippen LogP contribution >= 0.6 is 0 Å². The van der Waals surface area contributed by atoms with Gasteiger partial charge in [0.2, 0.25) is 5.91 Å². The van der Waals surface area contributed by atoms with Crippen LogP contribution < -0.4 is 0 Å². The first-order chi connectivity index (χ1) is 15.1. The summed E-state index contributed by atoms with van der Waals surface area (Å²) in [4.78, 5) is 18.3. The first-order valence-electron chi connectivity index (χ1n) is 11.9. The molecule has 4 heteroatoms. The van der Waals surface area contributed by atoms with E-state index in [9.17, 15) is 9.90 Å². The van der Waals surface area contributed by atoms with E-state index in [1.807, 2.05) is 24.1 Å². The zero-order valence-electron chi connectivity index (χ0n) is 18.7. The number of rotatable bonds is 7. The molecule has 1 aliphatic carbocycles. The zero-order chi connectivity index (χ0) is 21.6. The predicted molar refractivity (Wildman–Crippen MR) is 125 cm³/mol. The molecule has 1 aliphatic heterocycles. The first kappa shape index (κ1) is 22.0. The maximum atomic E-state index is 14.1. The summed E-state index contributed by atoms with van der Waals surface area (Å²) < 4.78 is 0. The van der Waals surface area contributed by atoms with Crippen LogP contribution in [0.5, 0.6) is 0 Å². The van der Waals surface area contributed by atoms with Crippen molar-refractivity contribution in [1.29, 1.82) is 0 Å². The highest BCUT2D eigenvalue weighted by Gasteiger charge is 2.36. The molecule has 2 fully saturated rings. The van der Waals surface area contributed by atoms with Crippen molar-refractivity contribution >= 4 is 5.91 Å². The van der Waals surface area contributed by atoms with Crippen molar-refractivity contribution in [2.75, 3.05) is 26.7 Å². The van der Waals surface area contributed by atoms with Crippen molar-refractivity contribution in [2.45, 2.75) is 56.6 Å². The van der Waals surface area contributed by atoms with E-state index in [4.69, 9.17) is 0 Å². The molecule has 4 nitrogen and oxygen atoms in total. The van der Waals surface area contributed by atoms with Crippen LogP contribution in [-0.4, -0.2) is 53.6 Å². The molecular weight excluding hydrogens is 384 g/mol. The smallest absolute Gasteiger partial charge is 0.230 e. The van der Waals surface area contributed by atoms with Crippen LogP contribution in [-0.2, 0) is 4.79 Å². The summed E-state index contributed by atoms with van der Waals surface area (Å²) in [5.74, 6) is 0.560. The number of benzene rings is 2. The Labute approximate surface area is 186 Å². The lowest BCUT2D eigenvalue weighted by Gasteiger charge is -2.37. The minimum Gasteiger partial charge on any atom is -0.392 e. The van der Waals surface area contributed by atoms with Crippen LogP contribution in [0.4, 0.5) is 0 Å². The summed E-state index contributed by atoms with van der Waals surface area (Å²) in [5, 5.41) is 10.0. The molecule has 3 atom stereocenters. The normalized spacial score (nSPS) is 22.2. The van der Waals surface area contributed by atoms with Gasteiger partial charge in [0.15, 0.2) is 0 Å². The monoisotopic (exact) mass is 420 g/mol. The van der Waals surface area contributed by atoms with E-state index in [2.05, 4.69) is 53.4 Å². The molecule has 2 aliphatic rings. The number of likely N-dealkylation sites (tertiary alicyclic amines) is 1. The summed E-state index contributed by atoms with van der Waals surface area (Å²) in [7, 11) is 1.98. The number of hydrogen-bond acceptors (Lipinski definition) is 3. The van der Waals surface area contributed by atoms with Gasteiger partial charge in [-0.2, -0.15) is 0 Å². The second-order valence-electron chi connectivity index (χ2n) is 9.36. The van der Waals surface area contributed by atoms with Gasteiger partial charge in [-0.3, -0.25) is 9.69 Å². The van der Waals surface area contributed by atoms with Crippen LogP contribution in [0, 0.1) is 5.92 Å². The molecule has 0 aromatic heterocycles.